The van der Waals surface area contributed by atoms with Gasteiger partial charge in [0, 0.05) is 11.1 Å². The summed E-state index contributed by atoms with van der Waals surface area (Å²) in [5.41, 5.74) is 56.9. The number of nitrogens with two attached hydrogens (primary N) is 9. The van der Waals surface area contributed by atoms with E-state index in [1.165, 1.54) is 0 Å². The van der Waals surface area contributed by atoms with Crippen molar-refractivity contribution in [2.45, 2.75) is 6.92 Å². The van der Waals surface area contributed by atoms with E-state index in [0.717, 1.165) is 0 Å². The van der Waals surface area contributed by atoms with Gasteiger partial charge in [-0.2, -0.15) is 0 Å². The minimum atomic E-state index is 0.152. The van der Waals surface area contributed by atoms with E-state index >= 15 is 0 Å². The van der Waals surface area contributed by atoms with Crippen LogP contribution >= 0.6 is 0 Å². The summed E-state index contributed by atoms with van der Waals surface area (Å²) in [6.45, 7) is 1.78. The number of anilines is 9. The third-order valence-corrected chi connectivity index (χ3v) is 4.13. The van der Waals surface area contributed by atoms with Gasteiger partial charge in [0.2, 0.25) is 0 Å². The van der Waals surface area contributed by atoms with Gasteiger partial charge in [0.1, 0.15) is 0 Å². The van der Waals surface area contributed by atoms with E-state index in [4.69, 9.17) is 51.6 Å². The van der Waals surface area contributed by atoms with E-state index in [1.807, 2.05) is 0 Å². The van der Waals surface area contributed by atoms with Gasteiger partial charge in [-0.05, 0) is 18.6 Å². The van der Waals surface area contributed by atoms with Gasteiger partial charge in [0.15, 0.2) is 0 Å². The van der Waals surface area contributed by atoms with Crippen LogP contribution in [0.2, 0.25) is 0 Å². The van der Waals surface area contributed by atoms with Crippen molar-refractivity contribution in [1.29, 1.82) is 0 Å². The molecule has 0 spiro atoms. The lowest BCUT2D eigenvalue weighted by atomic mass is 9.98. The lowest BCUT2D eigenvalue weighted by molar-refractivity contribution is 1.44. The summed E-state index contributed by atoms with van der Waals surface area (Å²) in [5, 5.41) is 0. The lowest BCUT2D eigenvalue weighted by Gasteiger charge is -2.16. The van der Waals surface area contributed by atoms with Gasteiger partial charge < -0.3 is 51.6 Å². The van der Waals surface area contributed by atoms with Gasteiger partial charge in [-0.15, -0.1) is 0 Å². The first-order valence-corrected chi connectivity index (χ1v) is 7.01. The van der Waals surface area contributed by atoms with Gasteiger partial charge >= 0.3 is 0 Å². The van der Waals surface area contributed by atoms with Gasteiger partial charge in [-0.1, -0.05) is 6.08 Å². The Labute approximate surface area is 139 Å². The number of benzene rings is 2. The fraction of sp³-hybridized carbons (Fsp3) is 0.0667. The molecule has 24 heavy (non-hydrogen) atoms. The first-order valence-electron chi connectivity index (χ1n) is 7.01. The normalized spacial score (nSPS) is 11.2. The van der Waals surface area contributed by atoms with Crippen LogP contribution in [0, 0.1) is 6.92 Å². The van der Waals surface area contributed by atoms with Gasteiger partial charge in [-0.3, -0.25) is 0 Å². The zero-order valence-electron chi connectivity index (χ0n) is 13.4. The molecule has 0 amide bonds. The average molecular weight is 329 g/mol. The second-order valence-corrected chi connectivity index (χ2v) is 5.51. The van der Waals surface area contributed by atoms with Gasteiger partial charge in [0.05, 0.1) is 51.2 Å². The summed E-state index contributed by atoms with van der Waals surface area (Å²) in [7, 11) is 0. The zero-order valence-corrected chi connectivity index (χ0v) is 13.4. The van der Waals surface area contributed by atoms with E-state index in [9.17, 15) is 0 Å². The molecule has 2 rings (SSSR count). The quantitative estimate of drug-likeness (QED) is 0.273. The highest BCUT2D eigenvalue weighted by atomic mass is 14.8. The topological polar surface area (TPSA) is 234 Å². The molecule has 9 heteroatoms. The highest BCUT2D eigenvalue weighted by Gasteiger charge is 2.16. The summed E-state index contributed by atoms with van der Waals surface area (Å²) in [6.07, 6.45) is 3.30. The predicted octanol–water partition coefficient (Wildman–Crippen LogP) is 0.405. The second-order valence-electron chi connectivity index (χ2n) is 5.51. The molecular formula is C15H23N9. The first kappa shape index (κ1) is 16.7. The average Bonchev–Trinajstić information content (AvgIpc) is 2.57. The molecule has 0 atom stereocenters. The second kappa shape index (κ2) is 5.54. The zero-order chi connectivity index (χ0) is 18.3. The van der Waals surface area contributed by atoms with Gasteiger partial charge in [-0.25, -0.2) is 0 Å². The molecular weight excluding hydrogens is 306 g/mol. The molecule has 0 saturated carbocycles. The van der Waals surface area contributed by atoms with Crippen LogP contribution in [-0.4, -0.2) is 0 Å². The maximum Gasteiger partial charge on any atom is 0.0824 e. The molecule has 0 aliphatic rings. The fourth-order valence-electron chi connectivity index (χ4n) is 2.42. The van der Waals surface area contributed by atoms with E-state index < -0.39 is 0 Å². The standard InChI is InChI=1S/C15H23N9/c1-4-5(8(17)12(21)11(20)7(4)16)2-3-6-9(18)13(22)15(24)14(23)10(6)19/h2-3H,16-24H2,1H3/b3-2-. The lowest BCUT2D eigenvalue weighted by Crippen LogP contribution is -2.10. The van der Waals surface area contributed by atoms with Crippen molar-refractivity contribution in [2.75, 3.05) is 51.6 Å². The van der Waals surface area contributed by atoms with Crippen molar-refractivity contribution in [3.63, 3.8) is 0 Å². The Bertz CT molecular complexity index is 739. The largest absolute Gasteiger partial charge is 0.397 e. The number of nitrogen functional groups attached to an aromatic ring is 9. The first-order chi connectivity index (χ1) is 11.1. The number of rotatable bonds is 2. The van der Waals surface area contributed by atoms with Crippen molar-refractivity contribution in [3.05, 3.63) is 16.7 Å². The van der Waals surface area contributed by atoms with E-state index in [1.54, 1.807) is 19.1 Å². The van der Waals surface area contributed by atoms with Crippen molar-refractivity contribution in [3.8, 4) is 0 Å². The van der Waals surface area contributed by atoms with Crippen molar-refractivity contribution in [1.82, 2.24) is 0 Å². The molecule has 0 fully saturated rings. The highest BCUT2D eigenvalue weighted by Crippen LogP contribution is 2.41. The van der Waals surface area contributed by atoms with Crippen LogP contribution in [0.25, 0.3) is 12.2 Å². The minimum Gasteiger partial charge on any atom is -0.397 e. The molecule has 0 unspecified atom stereocenters. The van der Waals surface area contributed by atoms with E-state index in [0.29, 0.717) is 28.1 Å². The molecule has 0 saturated heterocycles. The van der Waals surface area contributed by atoms with Crippen LogP contribution in [-0.2, 0) is 0 Å². The molecule has 0 aromatic heterocycles. The Balaban J connectivity index is 2.67. The predicted molar refractivity (Wildman–Crippen MR) is 106 cm³/mol. The van der Waals surface area contributed by atoms with Crippen LogP contribution < -0.4 is 51.6 Å². The molecule has 0 heterocycles. The smallest absolute Gasteiger partial charge is 0.0824 e. The molecule has 0 aliphatic heterocycles. The molecule has 18 N–H and O–H groups in total. The molecule has 0 radical (unpaired) electrons. The minimum absolute atomic E-state index is 0.152. The Morgan fingerprint density at radius 2 is 0.708 bits per heavy atom. The molecule has 0 bridgehead atoms. The SMILES string of the molecule is Cc1c(N)c(N)c(N)c(N)c1/C=C\c1c(N)c(N)c(N)c(N)c1N. The van der Waals surface area contributed by atoms with Crippen molar-refractivity contribution < 1.29 is 0 Å². The molecule has 2 aromatic carbocycles. The summed E-state index contributed by atoms with van der Waals surface area (Å²) in [5.74, 6) is 0. The number of hydrogen-bond acceptors (Lipinski definition) is 9. The number of hydrogen-bond donors (Lipinski definition) is 9. The van der Waals surface area contributed by atoms with Crippen molar-refractivity contribution in [2.24, 2.45) is 0 Å². The molecule has 0 aliphatic carbocycles. The third-order valence-electron chi connectivity index (χ3n) is 4.13. The maximum atomic E-state index is 6.03. The monoisotopic (exact) mass is 329 g/mol. The van der Waals surface area contributed by atoms with Crippen LogP contribution in [0.1, 0.15) is 16.7 Å². The summed E-state index contributed by atoms with van der Waals surface area (Å²) in [4.78, 5) is 0. The Hall–Kier alpha value is -3.62. The van der Waals surface area contributed by atoms with Crippen LogP contribution in [0.15, 0.2) is 0 Å². The molecule has 2 aromatic rings. The fourth-order valence-corrected chi connectivity index (χ4v) is 2.42. The van der Waals surface area contributed by atoms with Crippen LogP contribution in [0.3, 0.4) is 0 Å². The van der Waals surface area contributed by atoms with Crippen molar-refractivity contribution >= 4 is 63.3 Å². The van der Waals surface area contributed by atoms with Crippen LogP contribution in [0.5, 0.6) is 0 Å². The third kappa shape index (κ3) is 2.28. The van der Waals surface area contributed by atoms with Gasteiger partial charge in [0.25, 0.3) is 0 Å². The van der Waals surface area contributed by atoms with E-state index in [2.05, 4.69) is 0 Å². The Morgan fingerprint density at radius 1 is 0.417 bits per heavy atom. The van der Waals surface area contributed by atoms with E-state index in [-0.39, 0.29) is 39.8 Å². The summed E-state index contributed by atoms with van der Waals surface area (Å²) in [6, 6.07) is 0. The Morgan fingerprint density at radius 3 is 1.17 bits per heavy atom. The highest BCUT2D eigenvalue weighted by molar-refractivity contribution is 6.03. The summed E-state index contributed by atoms with van der Waals surface area (Å²) >= 11 is 0. The summed E-state index contributed by atoms with van der Waals surface area (Å²) < 4.78 is 0. The molecule has 9 nitrogen and oxygen atoms in total. The van der Waals surface area contributed by atoms with Crippen LogP contribution in [0.4, 0.5) is 51.2 Å². The molecule has 128 valence electrons. The Kier molecular flexibility index (Phi) is 3.86. The maximum absolute atomic E-state index is 6.03.